The van der Waals surface area contributed by atoms with Crippen LogP contribution in [0.25, 0.3) is 33.4 Å². The number of halogens is 3. The molecule has 3 aliphatic heterocycles. The zero-order valence-electron chi connectivity index (χ0n) is 67.2. The van der Waals surface area contributed by atoms with Gasteiger partial charge in [0.05, 0.1) is 75.3 Å². The van der Waals surface area contributed by atoms with Crippen LogP contribution in [0, 0.1) is 30.3 Å². The Morgan fingerprint density at radius 1 is 0.403 bits per heavy atom. The number of aromatic nitrogens is 16. The molecule has 0 aliphatic carbocycles. The number of hydrogen-bond donors (Lipinski definition) is 5. The van der Waals surface area contributed by atoms with Gasteiger partial charge in [-0.2, -0.15) is 40.4 Å². The topological polar surface area (TPSA) is 473 Å². The van der Waals surface area contributed by atoms with Gasteiger partial charge in [0, 0.05) is 118 Å². The van der Waals surface area contributed by atoms with Gasteiger partial charge >= 0.3 is 35.3 Å². The number of nitrogen functional groups attached to an aromatic ring is 2. The Kier molecular flexibility index (Phi) is 29.0. The molecule has 7 N–H and O–H groups in total. The van der Waals surface area contributed by atoms with E-state index in [0.29, 0.717) is 68.1 Å². The lowest BCUT2D eigenvalue weighted by atomic mass is 10.1. The lowest BCUT2D eigenvalue weighted by Crippen LogP contribution is -2.42. The minimum atomic E-state index is -0.682. The van der Waals surface area contributed by atoms with Crippen molar-refractivity contribution in [1.82, 2.24) is 93.5 Å². The van der Waals surface area contributed by atoms with Crippen molar-refractivity contribution in [3.63, 3.8) is 0 Å². The summed E-state index contributed by atoms with van der Waals surface area (Å²) >= 11 is 16.4. The summed E-state index contributed by atoms with van der Waals surface area (Å²) in [5.74, 6) is 0.287. The van der Waals surface area contributed by atoms with Gasteiger partial charge in [0.2, 0.25) is 33.3 Å². The van der Waals surface area contributed by atoms with Gasteiger partial charge in [-0.1, -0.05) is 48.0 Å². The first-order valence-electron chi connectivity index (χ1n) is 37.5. The molecule has 0 spiro atoms. The number of likely N-dealkylation sites (tertiary alicyclic amines) is 3. The normalized spacial score (nSPS) is 13.9. The number of hydrogen-bond acceptors (Lipinski definition) is 28. The van der Waals surface area contributed by atoms with Crippen molar-refractivity contribution in [1.29, 1.82) is 0 Å². The number of carbonyl (C=O) groups excluding carboxylic acids is 3. The number of aryl methyl sites for hydroxylation is 2. The number of benzene rings is 3. The first-order valence-corrected chi connectivity index (χ1v) is 38.7. The molecule has 42 heteroatoms. The maximum atomic E-state index is 12.4. The van der Waals surface area contributed by atoms with E-state index in [1.165, 1.54) is 0 Å². The summed E-state index contributed by atoms with van der Waals surface area (Å²) in [5.41, 5.74) is 18.0. The van der Waals surface area contributed by atoms with Crippen LogP contribution in [0.1, 0.15) is 119 Å². The van der Waals surface area contributed by atoms with E-state index in [1.54, 1.807) is 74.2 Å². The van der Waals surface area contributed by atoms with Crippen molar-refractivity contribution < 1.29 is 43.4 Å². The Balaban J connectivity index is 0.000000172. The minimum absolute atomic E-state index is 0.0216. The van der Waals surface area contributed by atoms with Crippen LogP contribution in [0.5, 0.6) is 0 Å². The third-order valence-corrected chi connectivity index (χ3v) is 18.6. The SMILES string of the molecule is CC(C)(C)OC(=O)N1CCC(n2cc(-c3ccc(N)cc3)cn2)CC1.CC(C)(C)OC(=O)N1CCC(n2cc(-c3ccc(Nc4nc(Cl)ncc4[N+](=O)[O-])cc3)cn2)CC1.Cn1cc(N)cn1.Cn1cc(Nc2ncc([N+](=O)[O-])c(Nc3ccc(-c4cnn(C5CCN(C(=O)OC(C)(C)C)CC5)c4)cc3)n2)cn1.O=[N+]([O-])c1cnc(Cl)nc1Cl. The van der Waals surface area contributed by atoms with Crippen molar-refractivity contribution in [3.05, 3.63) is 199 Å². The van der Waals surface area contributed by atoms with E-state index in [1.807, 2.05) is 169 Å². The fourth-order valence-electron chi connectivity index (χ4n) is 12.2. The number of amides is 3. The van der Waals surface area contributed by atoms with E-state index < -0.39 is 31.6 Å². The molecule has 0 radical (unpaired) electrons. The number of anilines is 8. The van der Waals surface area contributed by atoms with Crippen molar-refractivity contribution in [3.8, 4) is 33.4 Å². The van der Waals surface area contributed by atoms with Crippen LogP contribution in [0.2, 0.25) is 15.7 Å². The number of nitrogens with zero attached hydrogens (tertiary/aromatic N) is 22. The number of nitro groups is 3. The monoisotopic (exact) mass is 1690 g/mol. The molecule has 39 nitrogen and oxygen atoms in total. The second-order valence-corrected chi connectivity index (χ2v) is 31.6. The third-order valence-electron chi connectivity index (χ3n) is 18.0. The molecular weight excluding hydrogens is 1600 g/mol. The molecule has 0 saturated carbocycles. The number of piperidine rings is 3. The van der Waals surface area contributed by atoms with E-state index in [9.17, 15) is 44.7 Å². The molecule has 0 bridgehead atoms. The van der Waals surface area contributed by atoms with E-state index >= 15 is 0 Å². The maximum absolute atomic E-state index is 12.4. The van der Waals surface area contributed by atoms with E-state index in [-0.39, 0.29) is 80.7 Å². The summed E-state index contributed by atoms with van der Waals surface area (Å²) in [4.78, 5) is 95.9. The summed E-state index contributed by atoms with van der Waals surface area (Å²) in [7, 11) is 3.61. The molecule has 11 aromatic rings. The van der Waals surface area contributed by atoms with Gasteiger partial charge in [0.15, 0.2) is 0 Å². The largest absolute Gasteiger partial charge is 0.444 e. The van der Waals surface area contributed by atoms with Gasteiger partial charge in [0.25, 0.3) is 0 Å². The summed E-state index contributed by atoms with van der Waals surface area (Å²) in [5, 5.41) is 62.9. The van der Waals surface area contributed by atoms with Crippen LogP contribution in [-0.4, -0.2) is 183 Å². The van der Waals surface area contributed by atoms with Gasteiger partial charge in [-0.25, -0.2) is 29.3 Å². The molecule has 0 unspecified atom stereocenters. The number of nitrogens with two attached hydrogens (primary N) is 2. The minimum Gasteiger partial charge on any atom is -0.444 e. The first-order chi connectivity index (χ1) is 56.3. The van der Waals surface area contributed by atoms with Gasteiger partial charge in [-0.3, -0.25) is 53.8 Å². The van der Waals surface area contributed by atoms with Gasteiger partial charge in [0.1, 0.15) is 35.4 Å². The summed E-state index contributed by atoms with van der Waals surface area (Å²) in [6.07, 6.45) is 25.6. The van der Waals surface area contributed by atoms with Crippen molar-refractivity contribution in [2.24, 2.45) is 14.1 Å². The average Bonchev–Trinajstić information content (AvgIpc) is 1.77. The maximum Gasteiger partial charge on any atom is 0.410 e. The lowest BCUT2D eigenvalue weighted by Gasteiger charge is -2.33. The first kappa shape index (κ1) is 88.2. The Labute approximate surface area is 698 Å². The number of rotatable bonds is 15. The predicted octanol–water partition coefficient (Wildman–Crippen LogP) is 15.7. The van der Waals surface area contributed by atoms with Gasteiger partial charge < -0.3 is 56.3 Å². The van der Waals surface area contributed by atoms with Crippen LogP contribution >= 0.6 is 34.8 Å². The van der Waals surface area contributed by atoms with Crippen LogP contribution in [0.3, 0.4) is 0 Å². The predicted molar refractivity (Wildman–Crippen MR) is 447 cm³/mol. The Hall–Kier alpha value is -13.2. The molecular formula is C77H92Cl3N27O12. The molecule has 14 rings (SSSR count). The summed E-state index contributed by atoms with van der Waals surface area (Å²) in [6.45, 7) is 20.7. The van der Waals surface area contributed by atoms with Crippen LogP contribution < -0.4 is 27.4 Å². The second-order valence-electron chi connectivity index (χ2n) is 30.6. The van der Waals surface area contributed by atoms with E-state index in [2.05, 4.69) is 77.5 Å². The highest BCUT2D eigenvalue weighted by atomic mass is 35.5. The molecule has 119 heavy (non-hydrogen) atoms. The highest BCUT2D eigenvalue weighted by Gasteiger charge is 2.32. The van der Waals surface area contributed by atoms with E-state index in [0.717, 1.165) is 96.2 Å². The Morgan fingerprint density at radius 2 is 0.748 bits per heavy atom. The molecule has 3 aromatic carbocycles. The van der Waals surface area contributed by atoms with Crippen molar-refractivity contribution in [2.45, 2.75) is 136 Å². The highest BCUT2D eigenvalue weighted by Crippen LogP contribution is 2.35. The fraction of sp³-hybridized carbons (Fsp3) is 0.377. The van der Waals surface area contributed by atoms with Gasteiger partial charge in [-0.15, -0.1) is 0 Å². The van der Waals surface area contributed by atoms with Crippen LogP contribution in [-0.2, 0) is 28.3 Å². The third kappa shape index (κ3) is 26.2. The smallest absolute Gasteiger partial charge is 0.410 e. The lowest BCUT2D eigenvalue weighted by molar-refractivity contribution is -0.385. The average molecular weight is 1690 g/mol. The standard InChI is InChI=1S/C27H32N10O4.C23H26ClN7O4.C19H26N4O2.C4HCl2N3O2.C4H7N3/c1-27(2,3)41-26(38)35-11-9-22(10-12-35)36-16-19(13-30-36)18-5-7-20(8-6-18)31-24-23(37(39)40)15-28-25(33-24)32-21-14-29-34(4)17-21;1-23(2,3)35-22(32)29-10-8-18(9-11-29)30-14-16(12-26-30)15-4-6-17(7-5-15)27-20-19(31(33)34)13-25-21(24)28-20;1-19(2,3)25-18(24)22-10-8-17(9-11-22)23-13-15(12-21-23)14-4-6-16(20)7-5-14;5-3-2(9(10)11)1-7-4(6)8-3;1-7-3-4(5)2-6-7/h5-8,13-17,22H,9-12H2,1-4H3,(H2,28,31,32,33);4-7,12-14,18H,8-11H2,1-3H3,(H,25,27,28);4-7,12-13,17H,8-11,20H2,1-3H3;1H;2-3H,5H2,1H3. The van der Waals surface area contributed by atoms with Crippen molar-refractivity contribution in [2.75, 3.05) is 66.7 Å². The molecule has 628 valence electrons. The summed E-state index contributed by atoms with van der Waals surface area (Å²) < 4.78 is 25.6. The van der Waals surface area contributed by atoms with Crippen molar-refractivity contribution >= 4 is 116 Å². The Morgan fingerprint density at radius 3 is 1.08 bits per heavy atom. The molecule has 8 aromatic heterocycles. The fourth-order valence-corrected chi connectivity index (χ4v) is 12.7. The number of carbonyl (C=O) groups is 3. The highest BCUT2D eigenvalue weighted by molar-refractivity contribution is 6.33. The molecule has 3 aliphatic rings. The molecule has 0 atom stereocenters. The van der Waals surface area contributed by atoms with Crippen LogP contribution in [0.4, 0.5) is 77.5 Å². The van der Waals surface area contributed by atoms with Gasteiger partial charge in [-0.05, 0) is 177 Å². The zero-order chi connectivity index (χ0) is 86.0. The summed E-state index contributed by atoms with van der Waals surface area (Å²) in [6, 6.07) is 23.3. The Bertz CT molecular complexity index is 5270. The molecule has 3 fully saturated rings. The number of ether oxygens (including phenoxy) is 3. The van der Waals surface area contributed by atoms with Crippen LogP contribution in [0.15, 0.2) is 153 Å². The second kappa shape index (κ2) is 39.2. The number of nitrogens with one attached hydrogen (secondary N) is 3. The van der Waals surface area contributed by atoms with E-state index in [4.69, 9.17) is 60.5 Å². The molecule has 11 heterocycles. The zero-order valence-corrected chi connectivity index (χ0v) is 69.4. The quantitative estimate of drug-likeness (QED) is 0.0159. The molecule has 3 saturated heterocycles. The molecule has 3 amide bonds.